The summed E-state index contributed by atoms with van der Waals surface area (Å²) in [7, 11) is -1.96. The van der Waals surface area contributed by atoms with Crippen molar-refractivity contribution in [2.75, 3.05) is 20.3 Å². The molecule has 2 aromatic carbocycles. The van der Waals surface area contributed by atoms with Crippen molar-refractivity contribution in [1.82, 2.24) is 4.72 Å². The highest BCUT2D eigenvalue weighted by molar-refractivity contribution is 7.89. The minimum absolute atomic E-state index is 0.220. The summed E-state index contributed by atoms with van der Waals surface area (Å²) in [5.41, 5.74) is 1.89. The summed E-state index contributed by atoms with van der Waals surface area (Å²) in [4.78, 5) is 0.220. The largest absolute Gasteiger partial charge is 0.494 e. The van der Waals surface area contributed by atoms with Gasteiger partial charge >= 0.3 is 0 Å². The zero-order valence-corrected chi connectivity index (χ0v) is 15.3. The monoisotopic (exact) mass is 361 g/mol. The number of hydrogen-bond donors (Lipinski definition) is 1. The van der Waals surface area contributed by atoms with E-state index >= 15 is 0 Å². The molecule has 0 unspecified atom stereocenters. The highest BCUT2D eigenvalue weighted by Gasteiger charge is 2.38. The fourth-order valence-electron chi connectivity index (χ4n) is 3.19. The van der Waals surface area contributed by atoms with E-state index in [1.165, 1.54) is 11.1 Å². The SMILES string of the molecule is CCOc1ccc(S(=O)(=O)NCC2(OC)Cc3ccccc3C2)cc1. The quantitative estimate of drug-likeness (QED) is 0.823. The second kappa shape index (κ2) is 7.15. The van der Waals surface area contributed by atoms with Crippen molar-refractivity contribution >= 4 is 10.0 Å². The first-order valence-corrected chi connectivity index (χ1v) is 9.81. The number of rotatable bonds is 7. The molecule has 1 aliphatic rings. The van der Waals surface area contributed by atoms with Crippen molar-refractivity contribution in [3.63, 3.8) is 0 Å². The van der Waals surface area contributed by atoms with Crippen LogP contribution in [0.25, 0.3) is 0 Å². The lowest BCUT2D eigenvalue weighted by Crippen LogP contribution is -2.45. The Morgan fingerprint density at radius 1 is 1.04 bits per heavy atom. The summed E-state index contributed by atoms with van der Waals surface area (Å²) in [5.74, 6) is 0.654. The van der Waals surface area contributed by atoms with Gasteiger partial charge in [-0.25, -0.2) is 13.1 Å². The van der Waals surface area contributed by atoms with Gasteiger partial charge in [0, 0.05) is 26.5 Å². The van der Waals surface area contributed by atoms with Crippen LogP contribution in [0.4, 0.5) is 0 Å². The molecule has 0 spiro atoms. The normalized spacial score (nSPS) is 15.8. The molecular formula is C19H23NO4S. The number of benzene rings is 2. The maximum absolute atomic E-state index is 12.6. The Bertz CT molecular complexity index is 806. The van der Waals surface area contributed by atoms with Gasteiger partial charge in [-0.05, 0) is 42.3 Å². The molecule has 1 aliphatic carbocycles. The van der Waals surface area contributed by atoms with Crippen LogP contribution in [0.15, 0.2) is 53.4 Å². The van der Waals surface area contributed by atoms with E-state index in [1.54, 1.807) is 31.4 Å². The zero-order chi connectivity index (χ0) is 17.9. The van der Waals surface area contributed by atoms with E-state index in [4.69, 9.17) is 9.47 Å². The lowest BCUT2D eigenvalue weighted by atomic mass is 10.0. The lowest BCUT2D eigenvalue weighted by molar-refractivity contribution is 0.00378. The van der Waals surface area contributed by atoms with Crippen molar-refractivity contribution in [2.45, 2.75) is 30.3 Å². The standard InChI is InChI=1S/C19H23NO4S/c1-3-24-17-8-10-18(11-9-17)25(21,22)20-14-19(23-2)12-15-6-4-5-7-16(15)13-19/h4-11,20H,3,12-14H2,1-2H3. The third kappa shape index (κ3) is 3.86. The summed E-state index contributed by atoms with van der Waals surface area (Å²) in [6, 6.07) is 14.6. The van der Waals surface area contributed by atoms with Gasteiger partial charge in [-0.1, -0.05) is 24.3 Å². The molecule has 2 aromatic rings. The number of nitrogens with one attached hydrogen (secondary N) is 1. The van der Waals surface area contributed by atoms with E-state index < -0.39 is 15.6 Å². The van der Waals surface area contributed by atoms with Gasteiger partial charge in [-0.3, -0.25) is 0 Å². The highest BCUT2D eigenvalue weighted by atomic mass is 32.2. The average Bonchev–Trinajstić information content (AvgIpc) is 3.00. The molecule has 0 saturated heterocycles. The molecule has 0 amide bonds. The van der Waals surface area contributed by atoms with Crippen LogP contribution in [0.1, 0.15) is 18.1 Å². The van der Waals surface area contributed by atoms with Gasteiger partial charge in [0.2, 0.25) is 10.0 Å². The first-order valence-electron chi connectivity index (χ1n) is 8.32. The predicted octanol–water partition coefficient (Wildman–Crippen LogP) is 2.55. The number of hydrogen-bond acceptors (Lipinski definition) is 4. The van der Waals surface area contributed by atoms with Crippen LogP contribution < -0.4 is 9.46 Å². The number of ether oxygens (including phenoxy) is 2. The van der Waals surface area contributed by atoms with E-state index in [2.05, 4.69) is 16.9 Å². The molecule has 1 N–H and O–H groups in total. The minimum atomic E-state index is -3.60. The van der Waals surface area contributed by atoms with E-state index in [9.17, 15) is 8.42 Å². The van der Waals surface area contributed by atoms with Gasteiger partial charge in [0.05, 0.1) is 17.1 Å². The molecule has 0 radical (unpaired) electrons. The summed E-state index contributed by atoms with van der Waals surface area (Å²) in [6.45, 7) is 2.66. The van der Waals surface area contributed by atoms with Gasteiger partial charge in [-0.2, -0.15) is 0 Å². The molecule has 0 heterocycles. The number of sulfonamides is 1. The second-order valence-electron chi connectivity index (χ2n) is 6.24. The Morgan fingerprint density at radius 3 is 2.16 bits per heavy atom. The summed E-state index contributed by atoms with van der Waals surface area (Å²) < 4.78 is 38.9. The Labute approximate surface area is 149 Å². The molecule has 0 bridgehead atoms. The zero-order valence-electron chi connectivity index (χ0n) is 14.5. The summed E-state index contributed by atoms with van der Waals surface area (Å²) in [5, 5.41) is 0. The van der Waals surface area contributed by atoms with Crippen LogP contribution in [-0.2, 0) is 27.6 Å². The van der Waals surface area contributed by atoms with Crippen LogP contribution >= 0.6 is 0 Å². The highest BCUT2D eigenvalue weighted by Crippen LogP contribution is 2.32. The van der Waals surface area contributed by atoms with Crippen molar-refractivity contribution in [3.05, 3.63) is 59.7 Å². The van der Waals surface area contributed by atoms with Crippen molar-refractivity contribution < 1.29 is 17.9 Å². The molecule has 3 rings (SSSR count). The van der Waals surface area contributed by atoms with E-state index in [-0.39, 0.29) is 11.4 Å². The van der Waals surface area contributed by atoms with Crippen LogP contribution in [0.5, 0.6) is 5.75 Å². The molecule has 6 heteroatoms. The Kier molecular flexibility index (Phi) is 5.13. The third-order valence-corrected chi connectivity index (χ3v) is 6.02. The topological polar surface area (TPSA) is 64.6 Å². The number of fused-ring (bicyclic) bond motifs is 1. The third-order valence-electron chi connectivity index (χ3n) is 4.61. The Balaban J connectivity index is 1.71. The molecule has 0 fully saturated rings. The molecule has 0 saturated carbocycles. The summed E-state index contributed by atoms with van der Waals surface area (Å²) >= 11 is 0. The van der Waals surface area contributed by atoms with Gasteiger partial charge in [0.25, 0.3) is 0 Å². The fourth-order valence-corrected chi connectivity index (χ4v) is 4.31. The maximum atomic E-state index is 12.6. The van der Waals surface area contributed by atoms with Crippen LogP contribution in [0.3, 0.4) is 0 Å². The first-order chi connectivity index (χ1) is 12.0. The van der Waals surface area contributed by atoms with Gasteiger partial charge in [0.15, 0.2) is 0 Å². The van der Waals surface area contributed by atoms with Crippen LogP contribution in [-0.4, -0.2) is 34.3 Å². The molecule has 0 aromatic heterocycles. The van der Waals surface area contributed by atoms with E-state index in [0.717, 1.165) is 0 Å². The van der Waals surface area contributed by atoms with Gasteiger partial charge < -0.3 is 9.47 Å². The number of methoxy groups -OCH3 is 1. The smallest absolute Gasteiger partial charge is 0.240 e. The van der Waals surface area contributed by atoms with Crippen molar-refractivity contribution in [3.8, 4) is 5.75 Å². The van der Waals surface area contributed by atoms with Crippen molar-refractivity contribution in [1.29, 1.82) is 0 Å². The second-order valence-corrected chi connectivity index (χ2v) is 8.01. The Morgan fingerprint density at radius 2 is 1.64 bits per heavy atom. The first kappa shape index (κ1) is 17.9. The predicted molar refractivity (Wildman–Crippen MR) is 96.4 cm³/mol. The van der Waals surface area contributed by atoms with Crippen LogP contribution in [0.2, 0.25) is 0 Å². The lowest BCUT2D eigenvalue weighted by Gasteiger charge is -2.27. The van der Waals surface area contributed by atoms with Gasteiger partial charge in [-0.15, -0.1) is 0 Å². The molecule has 0 aliphatic heterocycles. The van der Waals surface area contributed by atoms with E-state index in [1.807, 2.05) is 19.1 Å². The maximum Gasteiger partial charge on any atom is 0.240 e. The minimum Gasteiger partial charge on any atom is -0.494 e. The molecule has 5 nitrogen and oxygen atoms in total. The van der Waals surface area contributed by atoms with Gasteiger partial charge in [0.1, 0.15) is 5.75 Å². The molecule has 134 valence electrons. The van der Waals surface area contributed by atoms with Crippen molar-refractivity contribution in [2.24, 2.45) is 0 Å². The van der Waals surface area contributed by atoms with E-state index in [0.29, 0.717) is 25.2 Å². The average molecular weight is 361 g/mol. The fraction of sp³-hybridized carbons (Fsp3) is 0.368. The molecule has 25 heavy (non-hydrogen) atoms. The Hall–Kier alpha value is -1.89. The molecule has 0 atom stereocenters. The van der Waals surface area contributed by atoms with Crippen LogP contribution in [0, 0.1) is 0 Å². The molecular weight excluding hydrogens is 338 g/mol. The summed E-state index contributed by atoms with van der Waals surface area (Å²) in [6.07, 6.45) is 1.40.